The molecule has 2 atom stereocenters. The van der Waals surface area contributed by atoms with Crippen molar-refractivity contribution in [3.05, 3.63) is 35.1 Å². The van der Waals surface area contributed by atoms with Gasteiger partial charge in [-0.25, -0.2) is 8.78 Å². The van der Waals surface area contributed by atoms with Gasteiger partial charge in [-0.2, -0.15) is 0 Å². The lowest BCUT2D eigenvalue weighted by Gasteiger charge is -2.14. The number of benzene rings is 1. The topological polar surface area (TPSA) is 0 Å². The average molecular weight is 188 g/mol. The van der Waals surface area contributed by atoms with Gasteiger partial charge in [0.15, 0.2) is 0 Å². The molecule has 0 aliphatic carbocycles. The van der Waals surface area contributed by atoms with Crippen molar-refractivity contribution < 1.29 is 8.78 Å². The highest BCUT2D eigenvalue weighted by Crippen LogP contribution is 2.32. The summed E-state index contributed by atoms with van der Waals surface area (Å²) in [6.45, 7) is 3.03. The Morgan fingerprint density at radius 3 is 2.42 bits per heavy atom. The van der Waals surface area contributed by atoms with E-state index in [0.717, 1.165) is 0 Å². The van der Waals surface area contributed by atoms with Crippen molar-refractivity contribution in [1.29, 1.82) is 0 Å². The molecule has 0 aromatic heterocycles. The highest BCUT2D eigenvalue weighted by molar-refractivity contribution is 7.18. The molecule has 0 saturated carbocycles. The molecule has 0 N–H and O–H groups in total. The van der Waals surface area contributed by atoms with Crippen molar-refractivity contribution >= 4 is 9.24 Å². The third-order valence-corrected chi connectivity index (χ3v) is 2.07. The first kappa shape index (κ1) is 9.60. The minimum atomic E-state index is -1.55. The van der Waals surface area contributed by atoms with Crippen LogP contribution in [-0.2, 0) is 5.41 Å². The van der Waals surface area contributed by atoms with Crippen molar-refractivity contribution in [2.75, 3.05) is 0 Å². The molecule has 0 fully saturated rings. The van der Waals surface area contributed by atoms with E-state index in [1.165, 1.54) is 13.0 Å². The van der Waals surface area contributed by atoms with E-state index in [9.17, 15) is 8.78 Å². The second-order valence-corrected chi connectivity index (χ2v) is 4.12. The Balaban J connectivity index is 3.14. The van der Waals surface area contributed by atoms with Crippen LogP contribution in [0, 0.1) is 12.7 Å². The molecule has 0 bridgehead atoms. The summed E-state index contributed by atoms with van der Waals surface area (Å²) in [5, 5.41) is -1.55. The van der Waals surface area contributed by atoms with Gasteiger partial charge in [0.05, 0.1) is 0 Å². The fourth-order valence-electron chi connectivity index (χ4n) is 0.897. The van der Waals surface area contributed by atoms with Crippen LogP contribution in [0.25, 0.3) is 0 Å². The third kappa shape index (κ3) is 2.01. The Bertz CT molecular complexity index is 289. The summed E-state index contributed by atoms with van der Waals surface area (Å²) in [6, 6.07) is 4.39. The van der Waals surface area contributed by atoms with Crippen molar-refractivity contribution in [1.82, 2.24) is 0 Å². The first-order valence-electron chi connectivity index (χ1n) is 3.65. The van der Waals surface area contributed by atoms with Gasteiger partial charge in [0.25, 0.3) is 0 Å². The van der Waals surface area contributed by atoms with Gasteiger partial charge < -0.3 is 0 Å². The standard InChI is InChI=1S/C9H11F2P/c1-6-3-4-7(5-8(6)10)9(2,11)12/h3-5H,12H2,1-2H3. The van der Waals surface area contributed by atoms with Gasteiger partial charge in [-0.05, 0) is 31.0 Å². The minimum Gasteiger partial charge on any atom is -0.235 e. The molecule has 3 heteroatoms. The molecule has 1 rings (SSSR count). The lowest BCUT2D eigenvalue weighted by atomic mass is 10.1. The van der Waals surface area contributed by atoms with Crippen LogP contribution in [0.2, 0.25) is 0 Å². The fourth-order valence-corrected chi connectivity index (χ4v) is 1.08. The molecule has 0 amide bonds. The van der Waals surface area contributed by atoms with Gasteiger partial charge in [-0.1, -0.05) is 21.4 Å². The van der Waals surface area contributed by atoms with E-state index < -0.39 is 5.41 Å². The van der Waals surface area contributed by atoms with E-state index >= 15 is 0 Å². The quantitative estimate of drug-likeness (QED) is 0.594. The molecule has 2 unspecified atom stereocenters. The van der Waals surface area contributed by atoms with E-state index in [-0.39, 0.29) is 5.82 Å². The summed E-state index contributed by atoms with van der Waals surface area (Å²) in [5.74, 6) is -0.362. The summed E-state index contributed by atoms with van der Waals surface area (Å²) in [6.07, 6.45) is 0. The first-order valence-corrected chi connectivity index (χ1v) is 4.23. The molecule has 0 saturated heterocycles. The Morgan fingerprint density at radius 2 is 2.00 bits per heavy atom. The molecule has 66 valence electrons. The van der Waals surface area contributed by atoms with Crippen LogP contribution in [0.15, 0.2) is 18.2 Å². The molecule has 1 aromatic carbocycles. The number of halogens is 2. The van der Waals surface area contributed by atoms with E-state index in [4.69, 9.17) is 0 Å². The number of hydrogen-bond donors (Lipinski definition) is 0. The summed E-state index contributed by atoms with van der Waals surface area (Å²) in [7, 11) is 2.04. The van der Waals surface area contributed by atoms with Crippen molar-refractivity contribution in [3.8, 4) is 0 Å². The smallest absolute Gasteiger partial charge is 0.145 e. The zero-order valence-electron chi connectivity index (χ0n) is 7.07. The lowest BCUT2D eigenvalue weighted by molar-refractivity contribution is 0.322. The maximum Gasteiger partial charge on any atom is 0.145 e. The predicted octanol–water partition coefficient (Wildman–Crippen LogP) is 3.15. The summed E-state index contributed by atoms with van der Waals surface area (Å²) < 4.78 is 26.2. The van der Waals surface area contributed by atoms with Gasteiger partial charge in [0, 0.05) is 0 Å². The van der Waals surface area contributed by atoms with Gasteiger partial charge in [0.2, 0.25) is 0 Å². The van der Waals surface area contributed by atoms with E-state index in [0.29, 0.717) is 11.1 Å². The molecular formula is C9H11F2P. The van der Waals surface area contributed by atoms with E-state index in [1.54, 1.807) is 19.1 Å². The predicted molar refractivity (Wildman–Crippen MR) is 49.3 cm³/mol. The largest absolute Gasteiger partial charge is 0.235 e. The van der Waals surface area contributed by atoms with Crippen molar-refractivity contribution in [2.45, 2.75) is 19.3 Å². The van der Waals surface area contributed by atoms with Crippen LogP contribution in [0.4, 0.5) is 8.78 Å². The zero-order chi connectivity index (χ0) is 9.35. The molecular weight excluding hydrogens is 177 g/mol. The Labute approximate surface area is 73.2 Å². The Morgan fingerprint density at radius 1 is 1.42 bits per heavy atom. The monoisotopic (exact) mass is 188 g/mol. The van der Waals surface area contributed by atoms with Crippen molar-refractivity contribution in [3.63, 3.8) is 0 Å². The number of hydrogen-bond acceptors (Lipinski definition) is 0. The highest BCUT2D eigenvalue weighted by atomic mass is 31.0. The molecule has 12 heavy (non-hydrogen) atoms. The van der Waals surface area contributed by atoms with Crippen LogP contribution in [0.1, 0.15) is 18.1 Å². The normalized spacial score (nSPS) is 15.8. The summed E-state index contributed by atoms with van der Waals surface area (Å²) in [4.78, 5) is 0. The van der Waals surface area contributed by atoms with E-state index in [2.05, 4.69) is 0 Å². The molecule has 0 radical (unpaired) electrons. The fraction of sp³-hybridized carbons (Fsp3) is 0.333. The van der Waals surface area contributed by atoms with Crippen LogP contribution in [0.3, 0.4) is 0 Å². The summed E-state index contributed by atoms with van der Waals surface area (Å²) in [5.41, 5.74) is 0.878. The lowest BCUT2D eigenvalue weighted by Crippen LogP contribution is -2.04. The van der Waals surface area contributed by atoms with Crippen LogP contribution >= 0.6 is 9.24 Å². The third-order valence-electron chi connectivity index (χ3n) is 1.74. The maximum absolute atomic E-state index is 13.2. The van der Waals surface area contributed by atoms with Crippen molar-refractivity contribution in [2.24, 2.45) is 0 Å². The molecule has 0 heterocycles. The maximum atomic E-state index is 13.2. The average Bonchev–Trinajstić information content (AvgIpc) is 1.92. The second kappa shape index (κ2) is 3.10. The number of alkyl halides is 1. The van der Waals surface area contributed by atoms with Crippen LogP contribution in [0.5, 0.6) is 0 Å². The molecule has 0 aliphatic heterocycles. The first-order chi connectivity index (χ1) is 5.41. The SMILES string of the molecule is Cc1ccc(C(C)(F)P)cc1F. The summed E-state index contributed by atoms with van der Waals surface area (Å²) >= 11 is 0. The molecule has 0 nitrogen and oxygen atoms in total. The van der Waals surface area contributed by atoms with Gasteiger partial charge >= 0.3 is 0 Å². The Hall–Kier alpha value is -0.490. The van der Waals surface area contributed by atoms with Gasteiger partial charge in [0.1, 0.15) is 11.2 Å². The number of aryl methyl sites for hydroxylation is 1. The number of rotatable bonds is 1. The van der Waals surface area contributed by atoms with Crippen LogP contribution < -0.4 is 0 Å². The molecule has 1 aromatic rings. The van der Waals surface area contributed by atoms with Gasteiger partial charge in [-0.3, -0.25) is 0 Å². The highest BCUT2D eigenvalue weighted by Gasteiger charge is 2.19. The zero-order valence-corrected chi connectivity index (χ0v) is 8.22. The Kier molecular flexibility index (Phi) is 2.48. The molecule has 0 spiro atoms. The molecule has 0 aliphatic rings. The van der Waals surface area contributed by atoms with Gasteiger partial charge in [-0.15, -0.1) is 0 Å². The van der Waals surface area contributed by atoms with Crippen LogP contribution in [-0.4, -0.2) is 0 Å². The van der Waals surface area contributed by atoms with E-state index in [1.807, 2.05) is 9.24 Å². The second-order valence-electron chi connectivity index (χ2n) is 3.04. The minimum absolute atomic E-state index is 0.343.